The first-order valence-corrected chi connectivity index (χ1v) is 9.71. The van der Waals surface area contributed by atoms with Gasteiger partial charge in [-0.2, -0.15) is 0 Å². The highest BCUT2D eigenvalue weighted by molar-refractivity contribution is 6.46. The Morgan fingerprint density at radius 1 is 0.933 bits per heavy atom. The van der Waals surface area contributed by atoms with Crippen LogP contribution in [-0.2, 0) is 14.4 Å². The summed E-state index contributed by atoms with van der Waals surface area (Å²) in [6.07, 6.45) is 1.58. The number of carboxylic acids is 1. The standard InChI is InChI=1S/C23H22FNO5/c24-17-12-10-15(11-13-17)20-19(21(28)16-7-3-1-4-8-16)22(29)23(30)25(20)14-6-2-5-9-18(26)27/h1,3-4,7-8,10-13,20,28H,2,5-6,9,14H2,(H,26,27)/b21-19+/t20-/m1/s1. The van der Waals surface area contributed by atoms with Gasteiger partial charge < -0.3 is 15.1 Å². The number of likely N-dealkylation sites (tertiary alicyclic amines) is 1. The predicted molar refractivity (Wildman–Crippen MR) is 108 cm³/mol. The Bertz CT molecular complexity index is 969. The van der Waals surface area contributed by atoms with Crippen molar-refractivity contribution in [3.8, 4) is 0 Å². The number of aliphatic hydroxyl groups excluding tert-OH is 1. The number of amides is 1. The van der Waals surface area contributed by atoms with Crippen molar-refractivity contribution in [3.63, 3.8) is 0 Å². The zero-order valence-corrected chi connectivity index (χ0v) is 16.3. The van der Waals surface area contributed by atoms with Crippen LogP contribution in [0.25, 0.3) is 5.76 Å². The monoisotopic (exact) mass is 411 g/mol. The molecule has 0 saturated carbocycles. The lowest BCUT2D eigenvalue weighted by Gasteiger charge is -2.25. The van der Waals surface area contributed by atoms with Crippen molar-refractivity contribution in [2.45, 2.75) is 31.7 Å². The molecule has 2 aromatic rings. The van der Waals surface area contributed by atoms with Crippen LogP contribution in [0.15, 0.2) is 60.2 Å². The first kappa shape index (κ1) is 21.2. The molecule has 3 rings (SSSR count). The maximum absolute atomic E-state index is 13.4. The largest absolute Gasteiger partial charge is 0.507 e. The van der Waals surface area contributed by atoms with Crippen LogP contribution in [0, 0.1) is 5.82 Å². The number of aliphatic hydroxyl groups is 1. The van der Waals surface area contributed by atoms with Crippen LogP contribution < -0.4 is 0 Å². The summed E-state index contributed by atoms with van der Waals surface area (Å²) in [6, 6.07) is 13.1. The first-order valence-electron chi connectivity index (χ1n) is 9.71. The van der Waals surface area contributed by atoms with Gasteiger partial charge in [0.25, 0.3) is 11.7 Å². The molecule has 2 N–H and O–H groups in total. The van der Waals surface area contributed by atoms with Crippen LogP contribution in [0.4, 0.5) is 4.39 Å². The van der Waals surface area contributed by atoms with Gasteiger partial charge in [0, 0.05) is 18.5 Å². The molecule has 1 heterocycles. The molecule has 1 amide bonds. The van der Waals surface area contributed by atoms with E-state index in [0.717, 1.165) is 0 Å². The molecule has 1 saturated heterocycles. The van der Waals surface area contributed by atoms with Crippen molar-refractivity contribution in [2.24, 2.45) is 0 Å². The van der Waals surface area contributed by atoms with Gasteiger partial charge in [0.1, 0.15) is 11.6 Å². The summed E-state index contributed by atoms with van der Waals surface area (Å²) < 4.78 is 13.4. The van der Waals surface area contributed by atoms with Crippen LogP contribution in [-0.4, -0.2) is 39.3 Å². The van der Waals surface area contributed by atoms with Gasteiger partial charge in [0.15, 0.2) is 0 Å². The summed E-state index contributed by atoms with van der Waals surface area (Å²) in [4.78, 5) is 37.6. The minimum absolute atomic E-state index is 0.0359. The van der Waals surface area contributed by atoms with Gasteiger partial charge in [-0.15, -0.1) is 0 Å². The zero-order valence-electron chi connectivity index (χ0n) is 16.3. The maximum atomic E-state index is 13.4. The van der Waals surface area contributed by atoms with E-state index >= 15 is 0 Å². The Morgan fingerprint density at radius 2 is 1.60 bits per heavy atom. The highest BCUT2D eigenvalue weighted by Crippen LogP contribution is 2.39. The normalized spacial score (nSPS) is 18.0. The van der Waals surface area contributed by atoms with E-state index in [0.29, 0.717) is 30.4 Å². The predicted octanol–water partition coefficient (Wildman–Crippen LogP) is 3.89. The fourth-order valence-corrected chi connectivity index (χ4v) is 3.59. The number of hydrogen-bond acceptors (Lipinski definition) is 4. The van der Waals surface area contributed by atoms with Crippen LogP contribution >= 0.6 is 0 Å². The Balaban J connectivity index is 1.95. The fraction of sp³-hybridized carbons (Fsp3) is 0.261. The smallest absolute Gasteiger partial charge is 0.303 e. The molecular weight excluding hydrogens is 389 g/mol. The van der Waals surface area contributed by atoms with Crippen LogP contribution in [0.2, 0.25) is 0 Å². The number of hydrogen-bond donors (Lipinski definition) is 2. The highest BCUT2D eigenvalue weighted by atomic mass is 19.1. The lowest BCUT2D eigenvalue weighted by atomic mass is 9.95. The molecule has 6 nitrogen and oxygen atoms in total. The zero-order chi connectivity index (χ0) is 21.7. The number of unbranched alkanes of at least 4 members (excludes halogenated alkanes) is 2. The quantitative estimate of drug-likeness (QED) is 0.297. The fourth-order valence-electron chi connectivity index (χ4n) is 3.59. The third-order valence-corrected chi connectivity index (χ3v) is 5.06. The number of halogens is 1. The third-order valence-electron chi connectivity index (χ3n) is 5.06. The number of Topliss-reactive ketones (excluding diaryl/α,β-unsaturated/α-hetero) is 1. The van der Waals surface area contributed by atoms with Crippen molar-refractivity contribution < 1.29 is 29.0 Å². The van der Waals surface area contributed by atoms with Crippen molar-refractivity contribution in [1.29, 1.82) is 0 Å². The molecule has 0 bridgehead atoms. The number of ketones is 1. The number of nitrogens with zero attached hydrogens (tertiary/aromatic N) is 1. The van der Waals surface area contributed by atoms with E-state index in [4.69, 9.17) is 5.11 Å². The molecule has 1 atom stereocenters. The summed E-state index contributed by atoms with van der Waals surface area (Å²) >= 11 is 0. The number of carbonyl (C=O) groups is 3. The molecule has 1 aliphatic rings. The molecule has 0 radical (unpaired) electrons. The average molecular weight is 411 g/mol. The van der Waals surface area contributed by atoms with E-state index in [9.17, 15) is 23.9 Å². The lowest BCUT2D eigenvalue weighted by Crippen LogP contribution is -2.30. The molecule has 7 heteroatoms. The van der Waals surface area contributed by atoms with Gasteiger partial charge in [0.05, 0.1) is 11.6 Å². The van der Waals surface area contributed by atoms with Gasteiger partial charge in [0.2, 0.25) is 0 Å². The van der Waals surface area contributed by atoms with Crippen LogP contribution in [0.1, 0.15) is 42.9 Å². The van der Waals surface area contributed by atoms with Crippen molar-refractivity contribution in [1.82, 2.24) is 4.90 Å². The number of carbonyl (C=O) groups excluding carboxylic acids is 2. The van der Waals surface area contributed by atoms with Gasteiger partial charge in [-0.3, -0.25) is 14.4 Å². The van der Waals surface area contributed by atoms with Crippen molar-refractivity contribution in [3.05, 3.63) is 77.1 Å². The molecule has 2 aromatic carbocycles. The second kappa shape index (κ2) is 9.35. The topological polar surface area (TPSA) is 94.9 Å². The van der Waals surface area contributed by atoms with Gasteiger partial charge in [-0.1, -0.05) is 48.9 Å². The summed E-state index contributed by atoms with van der Waals surface area (Å²) in [7, 11) is 0. The van der Waals surface area contributed by atoms with Crippen LogP contribution in [0.3, 0.4) is 0 Å². The van der Waals surface area contributed by atoms with Gasteiger partial charge >= 0.3 is 5.97 Å². The van der Waals surface area contributed by atoms with Crippen molar-refractivity contribution >= 4 is 23.4 Å². The Labute approximate surface area is 173 Å². The van der Waals surface area contributed by atoms with E-state index in [1.165, 1.54) is 29.2 Å². The Kier molecular flexibility index (Phi) is 6.61. The molecule has 30 heavy (non-hydrogen) atoms. The molecule has 0 unspecified atom stereocenters. The number of aliphatic carboxylic acids is 1. The Morgan fingerprint density at radius 3 is 2.23 bits per heavy atom. The summed E-state index contributed by atoms with van der Waals surface area (Å²) in [6.45, 7) is 0.220. The first-order chi connectivity index (χ1) is 14.4. The molecule has 156 valence electrons. The molecule has 0 aromatic heterocycles. The second-order valence-electron chi connectivity index (χ2n) is 7.11. The number of carboxylic acid groups (broad SMARTS) is 1. The summed E-state index contributed by atoms with van der Waals surface area (Å²) in [5.41, 5.74) is 0.881. The molecule has 0 aliphatic carbocycles. The van der Waals surface area contributed by atoms with E-state index in [1.807, 2.05) is 0 Å². The SMILES string of the molecule is O=C(O)CCCCCN1C(=O)C(=O)/C(=C(/O)c2ccccc2)[C@H]1c1ccc(F)cc1. The molecule has 0 spiro atoms. The van der Waals surface area contributed by atoms with Gasteiger partial charge in [-0.05, 0) is 30.5 Å². The molecule has 1 fully saturated rings. The van der Waals surface area contributed by atoms with E-state index in [-0.39, 0.29) is 24.3 Å². The highest BCUT2D eigenvalue weighted by Gasteiger charge is 2.45. The molecule has 1 aliphatic heterocycles. The summed E-state index contributed by atoms with van der Waals surface area (Å²) in [5.74, 6) is -3.15. The van der Waals surface area contributed by atoms with E-state index in [1.54, 1.807) is 30.3 Å². The molecular formula is C23H22FNO5. The summed E-state index contributed by atoms with van der Waals surface area (Å²) in [5, 5.41) is 19.6. The number of rotatable bonds is 8. The maximum Gasteiger partial charge on any atom is 0.303 e. The van der Waals surface area contributed by atoms with Gasteiger partial charge in [-0.25, -0.2) is 4.39 Å². The minimum atomic E-state index is -0.885. The lowest BCUT2D eigenvalue weighted by molar-refractivity contribution is -0.140. The van der Waals surface area contributed by atoms with Crippen LogP contribution in [0.5, 0.6) is 0 Å². The van der Waals surface area contributed by atoms with Crippen molar-refractivity contribution in [2.75, 3.05) is 6.54 Å². The van der Waals surface area contributed by atoms with E-state index in [2.05, 4.69) is 0 Å². The number of benzene rings is 2. The minimum Gasteiger partial charge on any atom is -0.507 e. The third kappa shape index (κ3) is 4.56. The average Bonchev–Trinajstić information content (AvgIpc) is 2.99. The van der Waals surface area contributed by atoms with E-state index < -0.39 is 29.5 Å². The Hall–Kier alpha value is -3.48. The second-order valence-corrected chi connectivity index (χ2v) is 7.11.